The summed E-state index contributed by atoms with van der Waals surface area (Å²) in [7, 11) is 0. The quantitative estimate of drug-likeness (QED) is 0.718. The minimum atomic E-state index is -4.20. The summed E-state index contributed by atoms with van der Waals surface area (Å²) in [5.74, 6) is 2.25. The largest absolute Gasteiger partial charge is 0.393 e. The molecule has 3 aliphatic heterocycles. The number of aromatic nitrogens is 2. The highest BCUT2D eigenvalue weighted by Crippen LogP contribution is 2.45. The Balaban J connectivity index is 1.28. The molecule has 0 aromatic carbocycles. The average Bonchev–Trinajstić information content (AvgIpc) is 3.19. The Morgan fingerprint density at radius 2 is 2.00 bits per heavy atom. The first-order valence-corrected chi connectivity index (χ1v) is 12.0. The van der Waals surface area contributed by atoms with Crippen LogP contribution in [0.15, 0.2) is 12.4 Å². The highest BCUT2D eigenvalue weighted by atomic mass is 32.1. The number of fused-ring (bicyclic) bond motifs is 1. The number of nitrogens with one attached hydrogen (secondary N) is 1. The molecular formula is C22H30F3N5S. The molecule has 2 aromatic heterocycles. The summed E-state index contributed by atoms with van der Waals surface area (Å²) in [6.45, 7) is 10.9. The summed E-state index contributed by atoms with van der Waals surface area (Å²) in [6.07, 6.45) is -1.25. The van der Waals surface area contributed by atoms with E-state index in [4.69, 9.17) is 0 Å². The molecule has 3 aliphatic rings. The number of halogens is 3. The second kappa shape index (κ2) is 7.85. The third-order valence-corrected chi connectivity index (χ3v) is 8.13. The van der Waals surface area contributed by atoms with Gasteiger partial charge in [0.05, 0.1) is 11.8 Å². The lowest BCUT2D eigenvalue weighted by Crippen LogP contribution is -2.65. The highest BCUT2D eigenvalue weighted by Gasteiger charge is 2.51. The molecule has 9 heteroatoms. The first-order valence-electron chi connectivity index (χ1n) is 11.2. The van der Waals surface area contributed by atoms with Gasteiger partial charge in [-0.1, -0.05) is 13.8 Å². The summed E-state index contributed by atoms with van der Waals surface area (Å²) in [6, 6.07) is 2.30. The van der Waals surface area contributed by atoms with Crippen LogP contribution in [0.3, 0.4) is 0 Å². The fraction of sp³-hybridized carbons (Fsp3) is 0.727. The van der Waals surface area contributed by atoms with Crippen LogP contribution in [0.4, 0.5) is 19.0 Å². The number of nitrogens with zero attached hydrogens (tertiary/aromatic N) is 4. The van der Waals surface area contributed by atoms with E-state index in [0.717, 1.165) is 74.1 Å². The maximum Gasteiger partial charge on any atom is 0.393 e. The van der Waals surface area contributed by atoms with Crippen molar-refractivity contribution in [1.82, 2.24) is 20.2 Å². The molecule has 5 heterocycles. The Morgan fingerprint density at radius 3 is 2.65 bits per heavy atom. The van der Waals surface area contributed by atoms with Gasteiger partial charge in [-0.05, 0) is 30.7 Å². The van der Waals surface area contributed by atoms with Crippen LogP contribution in [0.25, 0.3) is 10.2 Å². The van der Waals surface area contributed by atoms with E-state index in [0.29, 0.717) is 21.7 Å². The van der Waals surface area contributed by atoms with Gasteiger partial charge in [0.1, 0.15) is 17.0 Å². The smallest absolute Gasteiger partial charge is 0.355 e. The molecule has 1 spiro atoms. The number of hydrogen-bond acceptors (Lipinski definition) is 6. The van der Waals surface area contributed by atoms with Crippen molar-refractivity contribution in [3.63, 3.8) is 0 Å². The molecule has 3 saturated heterocycles. The Hall–Kier alpha value is -1.45. The van der Waals surface area contributed by atoms with Crippen LogP contribution in [-0.4, -0.2) is 66.4 Å². The second-order valence-electron chi connectivity index (χ2n) is 10.1. The molecule has 0 aliphatic carbocycles. The number of likely N-dealkylation sites (tertiary alicyclic amines) is 1. The van der Waals surface area contributed by atoms with E-state index < -0.39 is 12.6 Å². The SMILES string of the molecule is CC(C)CC(C1CNC1)N1CC2(CCN(c3ncnc4sc(CC(F)(F)F)cc34)C2)C1. The number of thiophene rings is 1. The lowest BCUT2D eigenvalue weighted by molar-refractivity contribution is -0.126. The molecule has 5 nitrogen and oxygen atoms in total. The zero-order chi connectivity index (χ0) is 21.8. The fourth-order valence-electron chi connectivity index (χ4n) is 5.56. The van der Waals surface area contributed by atoms with Crippen LogP contribution in [-0.2, 0) is 6.42 Å². The van der Waals surface area contributed by atoms with Gasteiger partial charge in [0.25, 0.3) is 0 Å². The first kappa shape index (κ1) is 21.4. The molecule has 0 bridgehead atoms. The Morgan fingerprint density at radius 1 is 1.23 bits per heavy atom. The predicted molar refractivity (Wildman–Crippen MR) is 118 cm³/mol. The standard InChI is InChI=1S/C22H30F3N5S/c1-14(2)5-18(15-8-26-9-15)30-11-21(12-30)3-4-29(10-21)19-17-6-16(7-22(23,24)25)31-20(17)28-13-27-19/h6,13-15,18,26H,3-5,7-12H2,1-2H3. The van der Waals surface area contributed by atoms with Gasteiger partial charge in [0.15, 0.2) is 0 Å². The van der Waals surface area contributed by atoms with E-state index in [-0.39, 0.29) is 5.41 Å². The lowest BCUT2D eigenvalue weighted by atomic mass is 9.75. The maximum atomic E-state index is 12.8. The molecule has 3 fully saturated rings. The van der Waals surface area contributed by atoms with Crippen molar-refractivity contribution < 1.29 is 13.2 Å². The third-order valence-electron chi connectivity index (χ3n) is 7.09. The molecule has 0 amide bonds. The van der Waals surface area contributed by atoms with E-state index in [2.05, 4.69) is 38.9 Å². The van der Waals surface area contributed by atoms with E-state index in [1.807, 2.05) is 0 Å². The molecule has 0 saturated carbocycles. The highest BCUT2D eigenvalue weighted by molar-refractivity contribution is 7.18. The zero-order valence-electron chi connectivity index (χ0n) is 18.1. The number of anilines is 1. The Kier molecular flexibility index (Phi) is 5.42. The summed E-state index contributed by atoms with van der Waals surface area (Å²) >= 11 is 1.13. The van der Waals surface area contributed by atoms with Gasteiger partial charge in [-0.25, -0.2) is 9.97 Å². The van der Waals surface area contributed by atoms with Gasteiger partial charge < -0.3 is 10.2 Å². The fourth-order valence-corrected chi connectivity index (χ4v) is 6.58. The van der Waals surface area contributed by atoms with E-state index in [1.54, 1.807) is 6.07 Å². The van der Waals surface area contributed by atoms with Crippen LogP contribution < -0.4 is 10.2 Å². The van der Waals surface area contributed by atoms with Gasteiger partial charge >= 0.3 is 6.18 Å². The minimum absolute atomic E-state index is 0.286. The van der Waals surface area contributed by atoms with Crippen molar-refractivity contribution in [2.24, 2.45) is 17.3 Å². The molecule has 170 valence electrons. The Bertz CT molecular complexity index is 933. The molecule has 1 unspecified atom stereocenters. The third kappa shape index (κ3) is 4.28. The van der Waals surface area contributed by atoms with E-state index in [1.165, 1.54) is 12.7 Å². The van der Waals surface area contributed by atoms with Crippen LogP contribution in [0, 0.1) is 17.3 Å². The second-order valence-corrected chi connectivity index (χ2v) is 11.2. The van der Waals surface area contributed by atoms with Gasteiger partial charge in [-0.2, -0.15) is 13.2 Å². The van der Waals surface area contributed by atoms with Gasteiger partial charge in [-0.3, -0.25) is 4.90 Å². The van der Waals surface area contributed by atoms with E-state index >= 15 is 0 Å². The van der Waals surface area contributed by atoms with Crippen LogP contribution >= 0.6 is 11.3 Å². The zero-order valence-corrected chi connectivity index (χ0v) is 18.9. The first-order chi connectivity index (χ1) is 14.7. The van der Waals surface area contributed by atoms with E-state index in [9.17, 15) is 13.2 Å². The molecule has 2 aromatic rings. The molecule has 0 radical (unpaired) electrons. The number of rotatable bonds is 6. The normalized spacial score (nSPS) is 23.0. The summed E-state index contributed by atoms with van der Waals surface area (Å²) in [5, 5.41) is 4.18. The number of hydrogen-bond donors (Lipinski definition) is 1. The van der Waals surface area contributed by atoms with Gasteiger partial charge in [-0.15, -0.1) is 11.3 Å². The van der Waals surface area contributed by atoms with Crippen LogP contribution in [0.5, 0.6) is 0 Å². The Labute approximate surface area is 185 Å². The van der Waals surface area contributed by atoms with Crippen molar-refractivity contribution in [2.45, 2.75) is 45.3 Å². The molecule has 31 heavy (non-hydrogen) atoms. The lowest BCUT2D eigenvalue weighted by Gasteiger charge is -2.55. The summed E-state index contributed by atoms with van der Waals surface area (Å²) in [4.78, 5) is 14.6. The van der Waals surface area contributed by atoms with Crippen molar-refractivity contribution in [3.8, 4) is 0 Å². The van der Waals surface area contributed by atoms with Crippen molar-refractivity contribution in [3.05, 3.63) is 17.3 Å². The molecule has 1 N–H and O–H groups in total. The van der Waals surface area contributed by atoms with Gasteiger partial charge in [0.2, 0.25) is 0 Å². The topological polar surface area (TPSA) is 44.3 Å². The van der Waals surface area contributed by atoms with Crippen molar-refractivity contribution in [2.75, 3.05) is 44.2 Å². The minimum Gasteiger partial charge on any atom is -0.355 e. The summed E-state index contributed by atoms with van der Waals surface area (Å²) < 4.78 is 38.5. The number of alkyl halides is 3. The van der Waals surface area contributed by atoms with Gasteiger partial charge in [0, 0.05) is 55.6 Å². The molecule has 5 rings (SSSR count). The molecule has 1 atom stereocenters. The maximum absolute atomic E-state index is 12.8. The molecular weight excluding hydrogens is 423 g/mol. The monoisotopic (exact) mass is 453 g/mol. The summed E-state index contributed by atoms with van der Waals surface area (Å²) in [5.41, 5.74) is 0.286. The van der Waals surface area contributed by atoms with Crippen molar-refractivity contribution >= 4 is 27.4 Å². The average molecular weight is 454 g/mol. The van der Waals surface area contributed by atoms with Crippen LogP contribution in [0.2, 0.25) is 0 Å². The van der Waals surface area contributed by atoms with Crippen molar-refractivity contribution in [1.29, 1.82) is 0 Å². The van der Waals surface area contributed by atoms with Crippen LogP contribution in [0.1, 0.15) is 31.6 Å². The predicted octanol–water partition coefficient (Wildman–Crippen LogP) is 3.94.